The summed E-state index contributed by atoms with van der Waals surface area (Å²) in [6, 6.07) is 17.2. The first-order valence-electron chi connectivity index (χ1n) is 9.59. The molecule has 0 aliphatic carbocycles. The van der Waals surface area contributed by atoms with Gasteiger partial charge in [0.25, 0.3) is 5.91 Å². The topological polar surface area (TPSA) is 86.1 Å². The molecule has 0 radical (unpaired) electrons. The van der Waals surface area contributed by atoms with Crippen molar-refractivity contribution in [1.82, 2.24) is 20.3 Å². The van der Waals surface area contributed by atoms with Gasteiger partial charge in [-0.1, -0.05) is 12.1 Å². The monoisotopic (exact) mass is 415 g/mol. The molecule has 0 saturated carbocycles. The number of rotatable bonds is 4. The van der Waals surface area contributed by atoms with Crippen LogP contribution in [0.1, 0.15) is 21.6 Å². The summed E-state index contributed by atoms with van der Waals surface area (Å²) in [5.74, 6) is -0.0153. The van der Waals surface area contributed by atoms with E-state index in [0.29, 0.717) is 22.9 Å². The number of hydrazine groups is 2. The fourth-order valence-corrected chi connectivity index (χ4v) is 3.29. The summed E-state index contributed by atoms with van der Waals surface area (Å²) in [4.78, 5) is 17.1. The Hall–Kier alpha value is -4.40. The van der Waals surface area contributed by atoms with Gasteiger partial charge >= 0.3 is 0 Å². The molecule has 3 heterocycles. The van der Waals surface area contributed by atoms with Crippen LogP contribution in [0.2, 0.25) is 0 Å². The van der Waals surface area contributed by atoms with Gasteiger partial charge < -0.3 is 5.32 Å². The average molecular weight is 415 g/mol. The number of benzene rings is 2. The molecule has 0 unspecified atom stereocenters. The number of aromatic nitrogens is 2. The van der Waals surface area contributed by atoms with Gasteiger partial charge in [0.1, 0.15) is 17.2 Å². The molecule has 9 heteroatoms. The second-order valence-electron chi connectivity index (χ2n) is 7.04. The number of carbonyl (C=O) groups is 1. The largest absolute Gasteiger partial charge is 0.320 e. The summed E-state index contributed by atoms with van der Waals surface area (Å²) in [5.41, 5.74) is 10.2. The summed E-state index contributed by atoms with van der Waals surface area (Å²) in [7, 11) is 0. The number of hydrazone groups is 1. The predicted octanol–water partition coefficient (Wildman–Crippen LogP) is 3.23. The van der Waals surface area contributed by atoms with Crippen molar-refractivity contribution < 1.29 is 9.18 Å². The standard InChI is InChI=1S/C22H18FN7O/c1-14-5-10-17(30-27-21(26-28-30)15-6-8-16(23)9-7-15)12-18(14)25-22(31)19-13-24-20-4-2-3-11-29(19)20/h2-13,28H,1H3,(H,25,31)(H,26,27). The molecular weight excluding hydrogens is 397 g/mol. The molecule has 0 spiro atoms. The van der Waals surface area contributed by atoms with Crippen molar-refractivity contribution in [2.45, 2.75) is 6.92 Å². The molecule has 2 aromatic carbocycles. The highest BCUT2D eigenvalue weighted by Gasteiger charge is 2.19. The number of amidine groups is 1. The molecule has 3 N–H and O–H groups in total. The Labute approximate surface area is 177 Å². The van der Waals surface area contributed by atoms with Gasteiger partial charge in [0, 0.05) is 17.4 Å². The Kier molecular flexibility index (Phi) is 4.47. The van der Waals surface area contributed by atoms with E-state index in [0.717, 1.165) is 16.8 Å². The summed E-state index contributed by atoms with van der Waals surface area (Å²) < 4.78 is 14.9. The molecule has 1 amide bonds. The number of halogens is 1. The smallest absolute Gasteiger partial charge is 0.274 e. The number of nitrogens with one attached hydrogen (secondary N) is 3. The minimum absolute atomic E-state index is 0.260. The number of pyridine rings is 1. The van der Waals surface area contributed by atoms with Crippen LogP contribution >= 0.6 is 0 Å². The van der Waals surface area contributed by atoms with Gasteiger partial charge in [-0.3, -0.25) is 14.6 Å². The molecule has 2 aromatic heterocycles. The fraction of sp³-hybridized carbons (Fsp3) is 0.0455. The summed E-state index contributed by atoms with van der Waals surface area (Å²) >= 11 is 0. The zero-order chi connectivity index (χ0) is 21.4. The lowest BCUT2D eigenvalue weighted by Crippen LogP contribution is -2.41. The van der Waals surface area contributed by atoms with E-state index in [2.05, 4.69) is 26.4 Å². The highest BCUT2D eigenvalue weighted by atomic mass is 19.1. The molecule has 0 atom stereocenters. The molecule has 31 heavy (non-hydrogen) atoms. The first kappa shape index (κ1) is 18.6. The van der Waals surface area contributed by atoms with Crippen molar-refractivity contribution in [2.75, 3.05) is 10.4 Å². The number of aryl methyl sites for hydroxylation is 1. The van der Waals surface area contributed by atoms with Gasteiger partial charge in [-0.05, 0) is 61.0 Å². The zero-order valence-corrected chi connectivity index (χ0v) is 16.5. The van der Waals surface area contributed by atoms with Crippen molar-refractivity contribution in [2.24, 2.45) is 5.10 Å². The lowest BCUT2D eigenvalue weighted by atomic mass is 10.1. The van der Waals surface area contributed by atoms with Crippen LogP contribution in [0.5, 0.6) is 0 Å². The number of imidazole rings is 1. The number of amides is 1. The maximum atomic E-state index is 13.2. The van der Waals surface area contributed by atoms with Crippen LogP contribution < -0.4 is 21.4 Å². The number of carbonyl (C=O) groups excluding carboxylic acids is 1. The van der Waals surface area contributed by atoms with E-state index in [1.165, 1.54) is 12.1 Å². The Morgan fingerprint density at radius 2 is 1.94 bits per heavy atom. The van der Waals surface area contributed by atoms with Crippen molar-refractivity contribution in [1.29, 1.82) is 0 Å². The van der Waals surface area contributed by atoms with Crippen molar-refractivity contribution >= 4 is 28.8 Å². The molecule has 0 fully saturated rings. The van der Waals surface area contributed by atoms with Gasteiger partial charge in [0.2, 0.25) is 0 Å². The van der Waals surface area contributed by atoms with Crippen LogP contribution in [-0.4, -0.2) is 21.1 Å². The van der Waals surface area contributed by atoms with E-state index in [1.54, 1.807) is 34.0 Å². The summed E-state index contributed by atoms with van der Waals surface area (Å²) in [6.45, 7) is 1.92. The maximum absolute atomic E-state index is 13.2. The Morgan fingerprint density at radius 1 is 1.10 bits per heavy atom. The third-order valence-corrected chi connectivity index (χ3v) is 4.97. The van der Waals surface area contributed by atoms with E-state index in [1.807, 2.05) is 43.3 Å². The van der Waals surface area contributed by atoms with Gasteiger partial charge in [-0.15, -0.1) is 5.10 Å². The summed E-state index contributed by atoms with van der Waals surface area (Å²) in [6.07, 6.45) is 3.35. The SMILES string of the molecule is Cc1ccc(N2NN=C(c3ccc(F)cc3)N2)cc1NC(=O)c1cnc2ccccn12. The van der Waals surface area contributed by atoms with Crippen molar-refractivity contribution in [3.8, 4) is 0 Å². The Bertz CT molecular complexity index is 1310. The molecule has 1 aliphatic heterocycles. The van der Waals surface area contributed by atoms with Crippen molar-refractivity contribution in [3.63, 3.8) is 0 Å². The van der Waals surface area contributed by atoms with Gasteiger partial charge in [-0.2, -0.15) is 10.7 Å². The number of hydrogen-bond acceptors (Lipinski definition) is 6. The van der Waals surface area contributed by atoms with Gasteiger partial charge in [0.05, 0.1) is 11.9 Å². The van der Waals surface area contributed by atoms with E-state index < -0.39 is 0 Å². The van der Waals surface area contributed by atoms with E-state index in [9.17, 15) is 9.18 Å². The molecule has 0 bridgehead atoms. The first-order valence-corrected chi connectivity index (χ1v) is 9.59. The first-order chi connectivity index (χ1) is 15.1. The molecule has 0 saturated heterocycles. The third kappa shape index (κ3) is 3.52. The van der Waals surface area contributed by atoms with E-state index in [-0.39, 0.29) is 11.7 Å². The Balaban J connectivity index is 1.35. The highest BCUT2D eigenvalue weighted by Crippen LogP contribution is 2.24. The zero-order valence-electron chi connectivity index (χ0n) is 16.5. The van der Waals surface area contributed by atoms with E-state index in [4.69, 9.17) is 0 Å². The average Bonchev–Trinajstić information content (AvgIpc) is 3.43. The van der Waals surface area contributed by atoms with Crippen LogP contribution in [0, 0.1) is 12.7 Å². The highest BCUT2D eigenvalue weighted by molar-refractivity contribution is 6.04. The normalized spacial score (nSPS) is 13.0. The van der Waals surface area contributed by atoms with Crippen LogP contribution in [0.25, 0.3) is 5.65 Å². The minimum Gasteiger partial charge on any atom is -0.320 e. The molecule has 8 nitrogen and oxygen atoms in total. The minimum atomic E-state index is -0.308. The summed E-state index contributed by atoms with van der Waals surface area (Å²) in [5, 5.41) is 8.81. The quantitative estimate of drug-likeness (QED) is 0.477. The number of fused-ring (bicyclic) bond motifs is 1. The van der Waals surface area contributed by atoms with E-state index >= 15 is 0 Å². The molecule has 5 rings (SSSR count). The Morgan fingerprint density at radius 3 is 2.77 bits per heavy atom. The van der Waals surface area contributed by atoms with Crippen molar-refractivity contribution in [3.05, 3.63) is 95.7 Å². The maximum Gasteiger partial charge on any atom is 0.274 e. The molecular formula is C22H18FN7O. The number of nitrogens with zero attached hydrogens (tertiary/aromatic N) is 4. The number of hydrogen-bond donors (Lipinski definition) is 3. The van der Waals surface area contributed by atoms with Crippen LogP contribution in [0.3, 0.4) is 0 Å². The second-order valence-corrected chi connectivity index (χ2v) is 7.04. The lowest BCUT2D eigenvalue weighted by molar-refractivity contribution is 0.102. The second kappa shape index (κ2) is 7.45. The van der Waals surface area contributed by atoms with Crippen LogP contribution in [-0.2, 0) is 0 Å². The third-order valence-electron chi connectivity index (χ3n) is 4.97. The van der Waals surface area contributed by atoms with Gasteiger partial charge in [0.15, 0.2) is 5.84 Å². The molecule has 1 aliphatic rings. The number of anilines is 2. The fourth-order valence-electron chi connectivity index (χ4n) is 3.29. The van der Waals surface area contributed by atoms with Crippen LogP contribution in [0.15, 0.2) is 78.2 Å². The molecule has 154 valence electrons. The molecule has 4 aromatic rings. The van der Waals surface area contributed by atoms with Gasteiger partial charge in [-0.25, -0.2) is 9.37 Å². The van der Waals surface area contributed by atoms with Crippen LogP contribution in [0.4, 0.5) is 15.8 Å². The lowest BCUT2D eigenvalue weighted by Gasteiger charge is -2.19. The predicted molar refractivity (Wildman–Crippen MR) is 116 cm³/mol.